The molecule has 0 aliphatic carbocycles. The summed E-state index contributed by atoms with van der Waals surface area (Å²) in [7, 11) is 0. The van der Waals surface area contributed by atoms with E-state index in [0.717, 1.165) is 12.8 Å². The van der Waals surface area contributed by atoms with Crippen LogP contribution in [0.1, 0.15) is 29.4 Å². The van der Waals surface area contributed by atoms with Crippen molar-refractivity contribution in [3.8, 4) is 0 Å². The highest BCUT2D eigenvalue weighted by Gasteiger charge is 2.15. The molecule has 0 aliphatic rings. The minimum Gasteiger partial charge on any atom is -0.348 e. The second kappa shape index (κ2) is 7.08. The fourth-order valence-corrected chi connectivity index (χ4v) is 2.68. The van der Waals surface area contributed by atoms with Gasteiger partial charge < -0.3 is 5.32 Å². The highest BCUT2D eigenvalue weighted by Crippen LogP contribution is 2.13. The van der Waals surface area contributed by atoms with E-state index in [-0.39, 0.29) is 23.2 Å². The Hall–Kier alpha value is -2.95. The third-order valence-electron chi connectivity index (χ3n) is 4.00. The number of rotatable bonds is 5. The zero-order chi connectivity index (χ0) is 16.9. The van der Waals surface area contributed by atoms with Gasteiger partial charge in [0, 0.05) is 11.4 Å². The number of aromatic nitrogens is 2. The SMILES string of the molecule is C[C@@H](CCc1ccccc1)NC(=O)c1n[nH]c(=O)c2ccccc12. The zero-order valence-electron chi connectivity index (χ0n) is 13.5. The van der Waals surface area contributed by atoms with Crippen molar-refractivity contribution in [2.24, 2.45) is 0 Å². The average molecular weight is 321 g/mol. The summed E-state index contributed by atoms with van der Waals surface area (Å²) in [5.74, 6) is -0.275. The number of carbonyl (C=O) groups is 1. The molecule has 0 bridgehead atoms. The average Bonchev–Trinajstić information content (AvgIpc) is 2.61. The van der Waals surface area contributed by atoms with Crippen LogP contribution in [0.25, 0.3) is 10.8 Å². The lowest BCUT2D eigenvalue weighted by molar-refractivity contribution is 0.0934. The molecule has 0 unspecified atom stereocenters. The number of fused-ring (bicyclic) bond motifs is 1. The van der Waals surface area contributed by atoms with Crippen LogP contribution in [0.3, 0.4) is 0 Å². The van der Waals surface area contributed by atoms with Gasteiger partial charge in [0.15, 0.2) is 5.69 Å². The number of benzene rings is 2. The van der Waals surface area contributed by atoms with Gasteiger partial charge in [0.2, 0.25) is 0 Å². The number of nitrogens with zero attached hydrogens (tertiary/aromatic N) is 1. The maximum atomic E-state index is 12.5. The second-order valence-electron chi connectivity index (χ2n) is 5.85. The van der Waals surface area contributed by atoms with E-state index in [9.17, 15) is 9.59 Å². The molecule has 0 saturated carbocycles. The summed E-state index contributed by atoms with van der Waals surface area (Å²) < 4.78 is 0. The van der Waals surface area contributed by atoms with Crippen LogP contribution in [-0.2, 0) is 6.42 Å². The molecule has 2 N–H and O–H groups in total. The third kappa shape index (κ3) is 3.51. The normalized spacial score (nSPS) is 12.0. The fourth-order valence-electron chi connectivity index (χ4n) is 2.68. The van der Waals surface area contributed by atoms with Crippen molar-refractivity contribution in [2.75, 3.05) is 0 Å². The van der Waals surface area contributed by atoms with Crippen LogP contribution in [0, 0.1) is 0 Å². The Kier molecular flexibility index (Phi) is 4.70. The third-order valence-corrected chi connectivity index (χ3v) is 4.00. The number of hydrogen-bond donors (Lipinski definition) is 2. The van der Waals surface area contributed by atoms with Gasteiger partial charge in [0.1, 0.15) is 0 Å². The molecule has 5 heteroatoms. The quantitative estimate of drug-likeness (QED) is 0.758. The Labute approximate surface area is 139 Å². The molecular formula is C19H19N3O2. The largest absolute Gasteiger partial charge is 0.348 e. The maximum Gasteiger partial charge on any atom is 0.272 e. The van der Waals surface area contributed by atoms with Gasteiger partial charge in [0.25, 0.3) is 11.5 Å². The van der Waals surface area contributed by atoms with Crippen molar-refractivity contribution < 1.29 is 4.79 Å². The lowest BCUT2D eigenvalue weighted by atomic mass is 10.1. The Bertz CT molecular complexity index is 903. The van der Waals surface area contributed by atoms with Crippen LogP contribution in [0.2, 0.25) is 0 Å². The smallest absolute Gasteiger partial charge is 0.272 e. The van der Waals surface area contributed by atoms with Crippen LogP contribution in [-0.4, -0.2) is 22.1 Å². The topological polar surface area (TPSA) is 74.8 Å². The van der Waals surface area contributed by atoms with Gasteiger partial charge in [-0.05, 0) is 31.4 Å². The van der Waals surface area contributed by atoms with Crippen LogP contribution < -0.4 is 10.9 Å². The zero-order valence-corrected chi connectivity index (χ0v) is 13.5. The number of aromatic amines is 1. The second-order valence-corrected chi connectivity index (χ2v) is 5.85. The number of nitrogens with one attached hydrogen (secondary N) is 2. The molecule has 0 spiro atoms. The molecule has 0 aliphatic heterocycles. The van der Waals surface area contributed by atoms with Gasteiger partial charge in [-0.25, -0.2) is 5.10 Å². The fraction of sp³-hybridized carbons (Fsp3) is 0.211. The van der Waals surface area contributed by atoms with E-state index in [4.69, 9.17) is 0 Å². The summed E-state index contributed by atoms with van der Waals surface area (Å²) in [6, 6.07) is 17.1. The molecule has 1 atom stereocenters. The van der Waals surface area contributed by atoms with E-state index in [2.05, 4.69) is 27.6 Å². The summed E-state index contributed by atoms with van der Waals surface area (Å²) in [4.78, 5) is 24.3. The molecule has 0 fully saturated rings. The molecule has 2 aromatic carbocycles. The Morgan fingerprint density at radius 1 is 1.08 bits per heavy atom. The minimum absolute atomic E-state index is 0.00481. The van der Waals surface area contributed by atoms with Crippen molar-refractivity contribution in [3.63, 3.8) is 0 Å². The standard InChI is InChI=1S/C19H19N3O2/c1-13(11-12-14-7-3-2-4-8-14)20-19(24)17-15-9-5-6-10-16(15)18(23)22-21-17/h2-10,13H,11-12H2,1H3,(H,20,24)(H,22,23)/t13-/m0/s1. The molecule has 3 aromatic rings. The van der Waals surface area contributed by atoms with Gasteiger partial charge in [-0.15, -0.1) is 0 Å². The molecule has 1 heterocycles. The van der Waals surface area contributed by atoms with Gasteiger partial charge in [0.05, 0.1) is 5.39 Å². The number of H-pyrrole nitrogens is 1. The number of hydrogen-bond acceptors (Lipinski definition) is 3. The first-order valence-corrected chi connectivity index (χ1v) is 7.97. The van der Waals surface area contributed by atoms with E-state index in [1.54, 1.807) is 24.3 Å². The summed E-state index contributed by atoms with van der Waals surface area (Å²) in [5.41, 5.74) is 1.20. The number of carbonyl (C=O) groups excluding carboxylic acids is 1. The van der Waals surface area contributed by atoms with Crippen LogP contribution in [0.5, 0.6) is 0 Å². The molecule has 1 aromatic heterocycles. The number of amides is 1. The molecule has 0 saturated heterocycles. The molecule has 24 heavy (non-hydrogen) atoms. The lowest BCUT2D eigenvalue weighted by Crippen LogP contribution is -2.34. The van der Waals surface area contributed by atoms with Crippen LogP contribution >= 0.6 is 0 Å². The van der Waals surface area contributed by atoms with Crippen LogP contribution in [0.15, 0.2) is 59.4 Å². The molecular weight excluding hydrogens is 302 g/mol. The van der Waals surface area contributed by atoms with Gasteiger partial charge in [-0.2, -0.15) is 5.10 Å². The monoisotopic (exact) mass is 321 g/mol. The first-order chi connectivity index (χ1) is 11.6. The lowest BCUT2D eigenvalue weighted by Gasteiger charge is -2.14. The first-order valence-electron chi connectivity index (χ1n) is 7.97. The maximum absolute atomic E-state index is 12.5. The molecule has 0 radical (unpaired) electrons. The van der Waals surface area contributed by atoms with Gasteiger partial charge >= 0.3 is 0 Å². The van der Waals surface area contributed by atoms with Crippen molar-refractivity contribution in [1.29, 1.82) is 0 Å². The summed E-state index contributed by atoms with van der Waals surface area (Å²) in [6.07, 6.45) is 1.72. The first kappa shape index (κ1) is 15.9. The number of aryl methyl sites for hydroxylation is 1. The van der Waals surface area contributed by atoms with E-state index >= 15 is 0 Å². The highest BCUT2D eigenvalue weighted by atomic mass is 16.2. The van der Waals surface area contributed by atoms with Crippen molar-refractivity contribution >= 4 is 16.7 Å². The Balaban J connectivity index is 1.71. The molecule has 1 amide bonds. The Morgan fingerprint density at radius 3 is 2.50 bits per heavy atom. The van der Waals surface area contributed by atoms with Gasteiger partial charge in [-0.1, -0.05) is 48.5 Å². The molecule has 3 rings (SSSR count). The highest BCUT2D eigenvalue weighted by molar-refractivity contribution is 6.04. The van der Waals surface area contributed by atoms with E-state index in [0.29, 0.717) is 10.8 Å². The predicted octanol–water partition coefficient (Wildman–Crippen LogP) is 2.67. The summed E-state index contributed by atoms with van der Waals surface area (Å²) in [5, 5.41) is 10.3. The van der Waals surface area contributed by atoms with E-state index < -0.39 is 0 Å². The van der Waals surface area contributed by atoms with Crippen molar-refractivity contribution in [2.45, 2.75) is 25.8 Å². The summed E-state index contributed by atoms with van der Waals surface area (Å²) in [6.45, 7) is 1.97. The van der Waals surface area contributed by atoms with E-state index in [1.807, 2.05) is 25.1 Å². The molecule has 122 valence electrons. The molecule has 5 nitrogen and oxygen atoms in total. The summed E-state index contributed by atoms with van der Waals surface area (Å²) >= 11 is 0. The van der Waals surface area contributed by atoms with E-state index in [1.165, 1.54) is 5.56 Å². The van der Waals surface area contributed by atoms with Crippen LogP contribution in [0.4, 0.5) is 0 Å². The Morgan fingerprint density at radius 2 is 1.75 bits per heavy atom. The van der Waals surface area contributed by atoms with Crippen molar-refractivity contribution in [3.05, 3.63) is 76.2 Å². The van der Waals surface area contributed by atoms with Gasteiger partial charge in [-0.3, -0.25) is 9.59 Å². The predicted molar refractivity (Wildman–Crippen MR) is 94.1 cm³/mol. The van der Waals surface area contributed by atoms with Crippen molar-refractivity contribution in [1.82, 2.24) is 15.5 Å². The minimum atomic E-state index is -0.292.